The molecule has 0 fully saturated rings. The first-order valence-electron chi connectivity index (χ1n) is 6.47. The predicted molar refractivity (Wildman–Crippen MR) is 77.4 cm³/mol. The highest BCUT2D eigenvalue weighted by molar-refractivity contribution is 6.03. The summed E-state index contributed by atoms with van der Waals surface area (Å²) in [5.74, 6) is -0.377. The smallest absolute Gasteiger partial charge is 0.330 e. The van der Waals surface area contributed by atoms with Crippen molar-refractivity contribution in [2.45, 2.75) is 12.5 Å². The summed E-state index contributed by atoms with van der Waals surface area (Å²) in [7, 11) is 1.38. The minimum Gasteiger partial charge on any atom is -0.494 e. The predicted octanol–water partition coefficient (Wildman–Crippen LogP) is 0.218. The average Bonchev–Trinajstić information content (AvgIpc) is 2.95. The molecule has 108 valence electrons. The van der Waals surface area contributed by atoms with Crippen molar-refractivity contribution < 1.29 is 5.11 Å². The van der Waals surface area contributed by atoms with E-state index in [0.29, 0.717) is 12.1 Å². The van der Waals surface area contributed by atoms with Crippen molar-refractivity contribution in [1.82, 2.24) is 15.0 Å². The molecule has 21 heavy (non-hydrogen) atoms. The zero-order valence-corrected chi connectivity index (χ0v) is 11.3. The van der Waals surface area contributed by atoms with Crippen molar-refractivity contribution in [2.24, 2.45) is 12.1 Å². The summed E-state index contributed by atoms with van der Waals surface area (Å²) in [5, 5.41) is 14.1. The maximum Gasteiger partial charge on any atom is 0.330 e. The first-order valence-corrected chi connectivity index (χ1v) is 6.47. The second-order valence-electron chi connectivity index (χ2n) is 4.87. The molecule has 1 aromatic carbocycles. The Labute approximate surface area is 119 Å². The van der Waals surface area contributed by atoms with Gasteiger partial charge in [-0.15, -0.1) is 0 Å². The van der Waals surface area contributed by atoms with Crippen molar-refractivity contribution in [1.29, 1.82) is 0 Å². The summed E-state index contributed by atoms with van der Waals surface area (Å²) in [4.78, 5) is 25.5. The molecule has 7 nitrogen and oxygen atoms in total. The largest absolute Gasteiger partial charge is 0.494 e. The van der Waals surface area contributed by atoms with Gasteiger partial charge in [0.05, 0.1) is 11.8 Å². The fourth-order valence-corrected chi connectivity index (χ4v) is 2.35. The van der Waals surface area contributed by atoms with Crippen molar-refractivity contribution in [3.63, 3.8) is 0 Å². The van der Waals surface area contributed by atoms with Crippen LogP contribution in [0.15, 0.2) is 45.0 Å². The number of nitrogens with zero attached hydrogens (tertiary/aromatic N) is 2. The lowest BCUT2D eigenvalue weighted by molar-refractivity contribution is 0.416. The maximum absolute atomic E-state index is 11.9. The molecule has 2 aromatic rings. The molecular formula is C14H14N4O3. The molecule has 1 atom stereocenters. The van der Waals surface area contributed by atoms with Gasteiger partial charge in [0, 0.05) is 13.5 Å². The van der Waals surface area contributed by atoms with Gasteiger partial charge in [-0.1, -0.05) is 30.3 Å². The number of aromatic amines is 1. The number of aromatic hydroxyl groups is 1. The molecule has 0 saturated heterocycles. The van der Waals surface area contributed by atoms with Crippen LogP contribution < -0.4 is 16.7 Å². The first kappa shape index (κ1) is 13.2. The van der Waals surface area contributed by atoms with E-state index in [1.165, 1.54) is 7.05 Å². The Balaban J connectivity index is 1.96. The van der Waals surface area contributed by atoms with E-state index in [1.807, 2.05) is 30.3 Å². The SMILES string of the molecule is Cn1c(O)c(C2=NNC(c3ccccc3)C2)c(=O)[nH]c1=O. The van der Waals surface area contributed by atoms with E-state index in [2.05, 4.69) is 15.5 Å². The lowest BCUT2D eigenvalue weighted by Crippen LogP contribution is -2.32. The van der Waals surface area contributed by atoms with Gasteiger partial charge in [0.2, 0.25) is 5.88 Å². The Morgan fingerprint density at radius 1 is 1.29 bits per heavy atom. The fourth-order valence-electron chi connectivity index (χ4n) is 2.35. The zero-order valence-electron chi connectivity index (χ0n) is 11.3. The molecule has 1 aromatic heterocycles. The Morgan fingerprint density at radius 3 is 2.71 bits per heavy atom. The highest BCUT2D eigenvalue weighted by Crippen LogP contribution is 2.25. The van der Waals surface area contributed by atoms with Gasteiger partial charge in [-0.25, -0.2) is 4.79 Å². The highest BCUT2D eigenvalue weighted by atomic mass is 16.3. The summed E-state index contributed by atoms with van der Waals surface area (Å²) in [6.07, 6.45) is 0.457. The third-order valence-electron chi connectivity index (χ3n) is 3.54. The van der Waals surface area contributed by atoms with Crippen molar-refractivity contribution >= 4 is 5.71 Å². The van der Waals surface area contributed by atoms with E-state index in [4.69, 9.17) is 0 Å². The van der Waals surface area contributed by atoms with Crippen LogP contribution in [0.25, 0.3) is 0 Å². The monoisotopic (exact) mass is 286 g/mol. The van der Waals surface area contributed by atoms with Gasteiger partial charge in [-0.3, -0.25) is 14.3 Å². The molecule has 1 unspecified atom stereocenters. The summed E-state index contributed by atoms with van der Waals surface area (Å²) in [6, 6.07) is 9.63. The average molecular weight is 286 g/mol. The van der Waals surface area contributed by atoms with Crippen LogP contribution in [0, 0.1) is 0 Å². The van der Waals surface area contributed by atoms with E-state index >= 15 is 0 Å². The number of benzene rings is 1. The molecule has 0 bridgehead atoms. The van der Waals surface area contributed by atoms with Crippen molar-refractivity contribution in [3.8, 4) is 5.88 Å². The highest BCUT2D eigenvalue weighted by Gasteiger charge is 2.26. The van der Waals surface area contributed by atoms with Crippen LogP contribution in [0.2, 0.25) is 0 Å². The Morgan fingerprint density at radius 2 is 2.00 bits per heavy atom. The number of H-pyrrole nitrogens is 1. The third kappa shape index (κ3) is 2.22. The zero-order chi connectivity index (χ0) is 15.0. The van der Waals surface area contributed by atoms with Gasteiger partial charge in [0.15, 0.2) is 0 Å². The van der Waals surface area contributed by atoms with E-state index in [1.54, 1.807) is 0 Å². The number of hydrazone groups is 1. The van der Waals surface area contributed by atoms with E-state index in [0.717, 1.165) is 10.1 Å². The first-order chi connectivity index (χ1) is 10.1. The Kier molecular flexibility index (Phi) is 3.09. The van der Waals surface area contributed by atoms with Gasteiger partial charge in [0.25, 0.3) is 5.56 Å². The number of hydrogen-bond acceptors (Lipinski definition) is 5. The van der Waals surface area contributed by atoms with Gasteiger partial charge in [-0.05, 0) is 5.56 Å². The fraction of sp³-hybridized carbons (Fsp3) is 0.214. The molecular weight excluding hydrogens is 272 g/mol. The minimum absolute atomic E-state index is 0.0306. The van der Waals surface area contributed by atoms with Crippen molar-refractivity contribution in [2.75, 3.05) is 0 Å². The maximum atomic E-state index is 11.9. The van der Waals surface area contributed by atoms with E-state index in [-0.39, 0.29) is 17.5 Å². The number of hydrogen-bond donors (Lipinski definition) is 3. The lowest BCUT2D eigenvalue weighted by atomic mass is 10.0. The number of nitrogens with one attached hydrogen (secondary N) is 2. The molecule has 0 saturated carbocycles. The van der Waals surface area contributed by atoms with Crippen LogP contribution in [0.1, 0.15) is 23.6 Å². The van der Waals surface area contributed by atoms with Crippen LogP contribution in [-0.4, -0.2) is 20.4 Å². The van der Waals surface area contributed by atoms with Crippen LogP contribution in [0.5, 0.6) is 5.88 Å². The molecule has 3 rings (SSSR count). The van der Waals surface area contributed by atoms with E-state index < -0.39 is 11.2 Å². The van der Waals surface area contributed by atoms with Gasteiger partial charge < -0.3 is 10.5 Å². The van der Waals surface area contributed by atoms with Gasteiger partial charge >= 0.3 is 5.69 Å². The standard InChI is InChI=1S/C14H14N4O3/c1-18-13(20)11(12(19)15-14(18)21)10-7-9(16-17-10)8-5-3-2-4-6-8/h2-6,9,16,20H,7H2,1H3,(H,15,19,21). The van der Waals surface area contributed by atoms with E-state index in [9.17, 15) is 14.7 Å². The third-order valence-corrected chi connectivity index (χ3v) is 3.54. The van der Waals surface area contributed by atoms with Crippen LogP contribution in [0.4, 0.5) is 0 Å². The molecule has 0 amide bonds. The molecule has 3 N–H and O–H groups in total. The molecule has 7 heteroatoms. The molecule has 0 radical (unpaired) electrons. The second-order valence-corrected chi connectivity index (χ2v) is 4.87. The molecule has 2 heterocycles. The van der Waals surface area contributed by atoms with Gasteiger partial charge in [0.1, 0.15) is 5.56 Å². The quantitative estimate of drug-likeness (QED) is 0.735. The molecule has 1 aliphatic heterocycles. The van der Waals surface area contributed by atoms with Crippen LogP contribution in [-0.2, 0) is 7.05 Å². The van der Waals surface area contributed by atoms with Crippen molar-refractivity contribution in [3.05, 3.63) is 62.3 Å². The normalized spacial score (nSPS) is 17.4. The molecule has 1 aliphatic rings. The summed E-state index contributed by atoms with van der Waals surface area (Å²) in [5.41, 5.74) is 3.15. The van der Waals surface area contributed by atoms with Crippen LogP contribution >= 0.6 is 0 Å². The summed E-state index contributed by atoms with van der Waals surface area (Å²) in [6.45, 7) is 0. The molecule has 0 aliphatic carbocycles. The molecule has 0 spiro atoms. The Bertz CT molecular complexity index is 820. The van der Waals surface area contributed by atoms with Gasteiger partial charge in [-0.2, -0.15) is 5.10 Å². The second kappa shape index (κ2) is 4.93. The summed E-state index contributed by atoms with van der Waals surface area (Å²) >= 11 is 0. The number of aromatic nitrogens is 2. The topological polar surface area (TPSA) is 99.5 Å². The lowest BCUT2D eigenvalue weighted by Gasteiger charge is -2.10. The van der Waals surface area contributed by atoms with Crippen LogP contribution in [0.3, 0.4) is 0 Å². The minimum atomic E-state index is -0.660. The summed E-state index contributed by atoms with van der Waals surface area (Å²) < 4.78 is 0.981. The number of rotatable bonds is 2. The Hall–Kier alpha value is -2.83.